The zero-order valence-electron chi connectivity index (χ0n) is 13.9. The van der Waals surface area contributed by atoms with Gasteiger partial charge in [0.25, 0.3) is 5.91 Å². The topological polar surface area (TPSA) is 79.8 Å². The van der Waals surface area contributed by atoms with E-state index in [4.69, 9.17) is 0 Å². The Morgan fingerprint density at radius 1 is 1.00 bits per heavy atom. The zero-order chi connectivity index (χ0) is 17.5. The maximum absolute atomic E-state index is 12.2. The lowest BCUT2D eigenvalue weighted by molar-refractivity contribution is 0.0945. The molecule has 0 fully saturated rings. The molecule has 0 atom stereocenters. The third-order valence-corrected chi connectivity index (χ3v) is 3.65. The number of anilines is 1. The summed E-state index contributed by atoms with van der Waals surface area (Å²) in [5.41, 5.74) is 3.47. The van der Waals surface area contributed by atoms with Gasteiger partial charge in [0.15, 0.2) is 0 Å². The molecule has 0 aliphatic heterocycles. The normalized spacial score (nSPS) is 10.3. The molecule has 0 radical (unpaired) electrons. The van der Waals surface area contributed by atoms with Gasteiger partial charge in [-0.25, -0.2) is 9.97 Å². The Hall–Kier alpha value is -3.28. The predicted octanol–water partition coefficient (Wildman–Crippen LogP) is 2.72. The average Bonchev–Trinajstić information content (AvgIpc) is 2.67. The van der Waals surface area contributed by atoms with Gasteiger partial charge in [-0.1, -0.05) is 35.9 Å². The fraction of sp³-hybridized carbons (Fsp3) is 0.158. The summed E-state index contributed by atoms with van der Waals surface area (Å²) in [4.78, 5) is 24.6. The predicted molar refractivity (Wildman–Crippen MR) is 95.9 cm³/mol. The maximum Gasteiger partial charge on any atom is 0.270 e. The van der Waals surface area contributed by atoms with Crippen molar-refractivity contribution < 1.29 is 4.79 Å². The first-order chi connectivity index (χ1) is 12.2. The van der Waals surface area contributed by atoms with Gasteiger partial charge in [0.05, 0.1) is 12.2 Å². The molecule has 6 heteroatoms. The molecule has 6 nitrogen and oxygen atoms in total. The smallest absolute Gasteiger partial charge is 0.270 e. The summed E-state index contributed by atoms with van der Waals surface area (Å²) in [6.45, 7) is 3.04. The highest BCUT2D eigenvalue weighted by molar-refractivity contribution is 5.92. The minimum atomic E-state index is -0.258. The van der Waals surface area contributed by atoms with Crippen LogP contribution in [0.3, 0.4) is 0 Å². The second kappa shape index (κ2) is 8.01. The van der Waals surface area contributed by atoms with Gasteiger partial charge in [-0.05, 0) is 24.6 Å². The van der Waals surface area contributed by atoms with Gasteiger partial charge in [0.1, 0.15) is 17.8 Å². The highest BCUT2D eigenvalue weighted by Gasteiger charge is 2.08. The van der Waals surface area contributed by atoms with Gasteiger partial charge in [0, 0.05) is 18.8 Å². The van der Waals surface area contributed by atoms with Crippen molar-refractivity contribution >= 4 is 11.7 Å². The minimum absolute atomic E-state index is 0.258. The highest BCUT2D eigenvalue weighted by Crippen LogP contribution is 2.08. The van der Waals surface area contributed by atoms with Crippen molar-refractivity contribution in [1.82, 2.24) is 20.3 Å². The Bertz CT molecular complexity index is 834. The Morgan fingerprint density at radius 3 is 2.60 bits per heavy atom. The summed E-state index contributed by atoms with van der Waals surface area (Å²) < 4.78 is 0. The molecular formula is C19H19N5O. The van der Waals surface area contributed by atoms with E-state index >= 15 is 0 Å². The third-order valence-electron chi connectivity index (χ3n) is 3.65. The number of benzene rings is 1. The summed E-state index contributed by atoms with van der Waals surface area (Å²) >= 11 is 0. The molecule has 3 aromatic rings. The van der Waals surface area contributed by atoms with Crippen LogP contribution in [0.4, 0.5) is 5.82 Å². The quantitative estimate of drug-likeness (QED) is 0.725. The van der Waals surface area contributed by atoms with Gasteiger partial charge in [0.2, 0.25) is 0 Å². The van der Waals surface area contributed by atoms with E-state index in [2.05, 4.69) is 56.8 Å². The lowest BCUT2D eigenvalue weighted by Gasteiger charge is -2.08. The van der Waals surface area contributed by atoms with Gasteiger partial charge < -0.3 is 10.6 Å². The van der Waals surface area contributed by atoms with E-state index in [0.717, 1.165) is 11.3 Å². The number of pyridine rings is 1. The van der Waals surface area contributed by atoms with Crippen LogP contribution >= 0.6 is 0 Å². The second-order valence-corrected chi connectivity index (χ2v) is 5.63. The number of amides is 1. The number of carbonyl (C=O) groups is 1. The van der Waals surface area contributed by atoms with E-state index in [1.807, 2.05) is 18.2 Å². The molecule has 3 rings (SSSR count). The van der Waals surface area contributed by atoms with Crippen LogP contribution in [-0.4, -0.2) is 20.9 Å². The van der Waals surface area contributed by atoms with Crippen LogP contribution in [-0.2, 0) is 13.1 Å². The van der Waals surface area contributed by atoms with Crippen LogP contribution in [0.5, 0.6) is 0 Å². The van der Waals surface area contributed by atoms with Crippen molar-refractivity contribution in [2.45, 2.75) is 20.0 Å². The highest BCUT2D eigenvalue weighted by atomic mass is 16.1. The Labute approximate surface area is 146 Å². The largest absolute Gasteiger partial charge is 0.366 e. The van der Waals surface area contributed by atoms with Crippen LogP contribution in [0, 0.1) is 6.92 Å². The van der Waals surface area contributed by atoms with Gasteiger partial charge >= 0.3 is 0 Å². The molecular weight excluding hydrogens is 314 g/mol. The molecule has 1 amide bonds. The Balaban J connectivity index is 1.58. The molecule has 0 saturated carbocycles. The fourth-order valence-electron chi connectivity index (χ4n) is 2.24. The summed E-state index contributed by atoms with van der Waals surface area (Å²) in [6.07, 6.45) is 3.08. The molecule has 0 bridgehead atoms. The second-order valence-electron chi connectivity index (χ2n) is 5.63. The molecule has 0 aliphatic rings. The first kappa shape index (κ1) is 16.6. The van der Waals surface area contributed by atoms with Crippen molar-refractivity contribution in [2.75, 3.05) is 5.32 Å². The molecule has 0 saturated heterocycles. The molecule has 2 aromatic heterocycles. The number of nitrogens with zero attached hydrogens (tertiary/aromatic N) is 3. The first-order valence-electron chi connectivity index (χ1n) is 8.00. The molecule has 0 spiro atoms. The van der Waals surface area contributed by atoms with E-state index < -0.39 is 0 Å². The van der Waals surface area contributed by atoms with Crippen LogP contribution in [0.2, 0.25) is 0 Å². The Kier molecular flexibility index (Phi) is 5.31. The standard InChI is InChI=1S/C19H19N5O/c1-14-5-7-15(8-6-14)11-21-18-10-17(23-13-24-18)19(25)22-12-16-4-2-3-9-20-16/h2-10,13H,11-12H2,1H3,(H,22,25)(H,21,23,24). The van der Waals surface area contributed by atoms with Crippen LogP contribution in [0.25, 0.3) is 0 Å². The van der Waals surface area contributed by atoms with Gasteiger partial charge in [-0.15, -0.1) is 0 Å². The van der Waals surface area contributed by atoms with E-state index in [9.17, 15) is 4.79 Å². The molecule has 2 heterocycles. The number of nitrogens with one attached hydrogen (secondary N) is 2. The van der Waals surface area contributed by atoms with Crippen molar-refractivity contribution in [3.63, 3.8) is 0 Å². The van der Waals surface area contributed by atoms with Crippen LogP contribution in [0.15, 0.2) is 61.1 Å². The van der Waals surface area contributed by atoms with Crippen LogP contribution < -0.4 is 10.6 Å². The number of carbonyl (C=O) groups excluding carboxylic acids is 1. The number of hydrogen-bond donors (Lipinski definition) is 2. The SMILES string of the molecule is Cc1ccc(CNc2cc(C(=O)NCc3ccccn3)ncn2)cc1. The van der Waals surface area contributed by atoms with E-state index in [0.29, 0.717) is 24.6 Å². The lowest BCUT2D eigenvalue weighted by Crippen LogP contribution is -2.24. The molecule has 0 aliphatic carbocycles. The molecule has 1 aromatic carbocycles. The fourth-order valence-corrected chi connectivity index (χ4v) is 2.24. The lowest BCUT2D eigenvalue weighted by atomic mass is 10.1. The number of aryl methyl sites for hydroxylation is 1. The molecule has 25 heavy (non-hydrogen) atoms. The monoisotopic (exact) mass is 333 g/mol. The summed E-state index contributed by atoms with van der Waals surface area (Å²) in [6, 6.07) is 15.5. The zero-order valence-corrected chi connectivity index (χ0v) is 13.9. The molecule has 0 unspecified atom stereocenters. The van der Waals surface area contributed by atoms with Crippen molar-refractivity contribution in [1.29, 1.82) is 0 Å². The van der Waals surface area contributed by atoms with Crippen molar-refractivity contribution in [3.05, 3.63) is 83.6 Å². The maximum atomic E-state index is 12.2. The summed E-state index contributed by atoms with van der Waals surface area (Å²) in [5.74, 6) is 0.352. The third kappa shape index (κ3) is 4.84. The van der Waals surface area contributed by atoms with E-state index in [-0.39, 0.29) is 5.91 Å². The van der Waals surface area contributed by atoms with Crippen molar-refractivity contribution in [3.8, 4) is 0 Å². The van der Waals surface area contributed by atoms with E-state index in [1.54, 1.807) is 12.3 Å². The van der Waals surface area contributed by atoms with Gasteiger partial charge in [-0.3, -0.25) is 9.78 Å². The molecule has 2 N–H and O–H groups in total. The molecule has 126 valence electrons. The Morgan fingerprint density at radius 2 is 1.84 bits per heavy atom. The number of rotatable bonds is 6. The van der Waals surface area contributed by atoms with Crippen LogP contribution in [0.1, 0.15) is 27.3 Å². The minimum Gasteiger partial charge on any atom is -0.366 e. The summed E-state index contributed by atoms with van der Waals surface area (Å²) in [7, 11) is 0. The van der Waals surface area contributed by atoms with E-state index in [1.165, 1.54) is 11.9 Å². The number of hydrogen-bond acceptors (Lipinski definition) is 5. The number of aromatic nitrogens is 3. The first-order valence-corrected chi connectivity index (χ1v) is 8.00. The van der Waals surface area contributed by atoms with Gasteiger partial charge in [-0.2, -0.15) is 0 Å². The summed E-state index contributed by atoms with van der Waals surface area (Å²) in [5, 5.41) is 6.01. The van der Waals surface area contributed by atoms with Crippen molar-refractivity contribution in [2.24, 2.45) is 0 Å². The average molecular weight is 333 g/mol.